The van der Waals surface area contributed by atoms with Gasteiger partial charge in [0.05, 0.1) is 0 Å². The average Bonchev–Trinajstić information content (AvgIpc) is 2.83. The molecule has 0 radical (unpaired) electrons. The van der Waals surface area contributed by atoms with Crippen molar-refractivity contribution in [2.24, 2.45) is 0 Å². The number of aromatic nitrogens is 2. The monoisotopic (exact) mass is 222 g/mol. The molecule has 1 fully saturated rings. The predicted molar refractivity (Wildman–Crippen MR) is 61.0 cm³/mol. The van der Waals surface area contributed by atoms with Crippen LogP contribution in [-0.2, 0) is 11.3 Å². The first-order valence-electron chi connectivity index (χ1n) is 5.73. The van der Waals surface area contributed by atoms with Crippen LogP contribution in [0.2, 0.25) is 0 Å². The highest BCUT2D eigenvalue weighted by Gasteiger charge is 2.19. The van der Waals surface area contributed by atoms with Crippen molar-refractivity contribution >= 4 is 5.91 Å². The first-order chi connectivity index (χ1) is 7.75. The Morgan fingerprint density at radius 1 is 1.69 bits per heavy atom. The number of aryl methyl sites for hydroxylation is 1. The molecule has 1 aliphatic heterocycles. The summed E-state index contributed by atoms with van der Waals surface area (Å²) in [6.45, 7) is 4.69. The van der Waals surface area contributed by atoms with Crippen LogP contribution in [0, 0.1) is 6.92 Å². The van der Waals surface area contributed by atoms with E-state index in [2.05, 4.69) is 20.2 Å². The molecule has 0 aromatic carbocycles. The van der Waals surface area contributed by atoms with Gasteiger partial charge in [-0.3, -0.25) is 4.79 Å². The lowest BCUT2D eigenvalue weighted by atomic mass is 10.2. The van der Waals surface area contributed by atoms with E-state index >= 15 is 0 Å². The molecule has 1 aliphatic rings. The molecule has 0 spiro atoms. The van der Waals surface area contributed by atoms with Crippen molar-refractivity contribution in [3.8, 4) is 0 Å². The van der Waals surface area contributed by atoms with Crippen molar-refractivity contribution in [2.45, 2.75) is 32.4 Å². The van der Waals surface area contributed by atoms with Gasteiger partial charge in [0.15, 0.2) is 0 Å². The molecule has 2 heterocycles. The molecule has 1 amide bonds. The van der Waals surface area contributed by atoms with Crippen LogP contribution in [0.25, 0.3) is 0 Å². The van der Waals surface area contributed by atoms with E-state index in [4.69, 9.17) is 0 Å². The van der Waals surface area contributed by atoms with Gasteiger partial charge in [-0.15, -0.1) is 0 Å². The average molecular weight is 222 g/mol. The Balaban J connectivity index is 1.62. The molecule has 1 aromatic heterocycles. The van der Waals surface area contributed by atoms with Crippen molar-refractivity contribution < 1.29 is 4.79 Å². The third-order valence-corrected chi connectivity index (χ3v) is 2.93. The summed E-state index contributed by atoms with van der Waals surface area (Å²) >= 11 is 0. The minimum atomic E-state index is 0.178. The van der Waals surface area contributed by atoms with Crippen LogP contribution in [0.5, 0.6) is 0 Å². The Labute approximate surface area is 95.2 Å². The number of imidazole rings is 1. The topological polar surface area (TPSA) is 59.0 Å². The van der Waals surface area contributed by atoms with Gasteiger partial charge in [0.2, 0.25) is 5.91 Å². The highest BCUT2D eigenvalue weighted by Crippen LogP contribution is 2.04. The van der Waals surface area contributed by atoms with Gasteiger partial charge in [-0.2, -0.15) is 0 Å². The zero-order chi connectivity index (χ0) is 11.4. The van der Waals surface area contributed by atoms with E-state index < -0.39 is 0 Å². The molecule has 1 unspecified atom stereocenters. The van der Waals surface area contributed by atoms with Crippen LogP contribution in [0.1, 0.15) is 18.7 Å². The quantitative estimate of drug-likeness (QED) is 0.693. The Bertz CT molecular complexity index is 361. The summed E-state index contributed by atoms with van der Waals surface area (Å²) in [5.74, 6) is 1.22. The molecule has 2 rings (SSSR count). The second-order valence-electron chi connectivity index (χ2n) is 4.18. The van der Waals surface area contributed by atoms with Crippen molar-refractivity contribution in [1.29, 1.82) is 0 Å². The highest BCUT2D eigenvalue weighted by molar-refractivity contribution is 5.78. The maximum absolute atomic E-state index is 11.0. The molecule has 0 saturated carbocycles. The summed E-state index contributed by atoms with van der Waals surface area (Å²) in [4.78, 5) is 15.1. The van der Waals surface area contributed by atoms with Crippen molar-refractivity contribution in [3.63, 3.8) is 0 Å². The molecular weight excluding hydrogens is 204 g/mol. The Kier molecular flexibility index (Phi) is 3.56. The molecule has 1 atom stereocenters. The number of nitrogens with one attached hydrogen (secondary N) is 2. The second-order valence-corrected chi connectivity index (χ2v) is 4.18. The predicted octanol–water partition coefficient (Wildman–Crippen LogP) is 0.0597. The van der Waals surface area contributed by atoms with E-state index in [-0.39, 0.29) is 5.91 Å². The molecule has 0 aliphatic carbocycles. The molecule has 0 bridgehead atoms. The summed E-state index contributed by atoms with van der Waals surface area (Å²) in [7, 11) is 0. The first-order valence-corrected chi connectivity index (χ1v) is 5.73. The summed E-state index contributed by atoms with van der Waals surface area (Å²) in [5, 5.41) is 6.29. The van der Waals surface area contributed by atoms with E-state index in [0.717, 1.165) is 31.9 Å². The highest BCUT2D eigenvalue weighted by atomic mass is 16.1. The van der Waals surface area contributed by atoms with Crippen LogP contribution >= 0.6 is 0 Å². The van der Waals surface area contributed by atoms with Crippen LogP contribution in [0.3, 0.4) is 0 Å². The van der Waals surface area contributed by atoms with Gasteiger partial charge in [-0.1, -0.05) is 0 Å². The third-order valence-electron chi connectivity index (χ3n) is 2.93. The fraction of sp³-hybridized carbons (Fsp3) is 0.636. The number of amides is 1. The van der Waals surface area contributed by atoms with Gasteiger partial charge >= 0.3 is 0 Å². The number of rotatable bonds is 5. The summed E-state index contributed by atoms with van der Waals surface area (Å²) in [5.41, 5.74) is 0. The smallest absolute Gasteiger partial charge is 0.220 e. The largest absolute Gasteiger partial charge is 0.352 e. The molecule has 5 nitrogen and oxygen atoms in total. The van der Waals surface area contributed by atoms with Gasteiger partial charge in [0.1, 0.15) is 5.82 Å². The van der Waals surface area contributed by atoms with E-state index in [1.165, 1.54) is 0 Å². The molecular formula is C11H18N4O. The Hall–Kier alpha value is -1.36. The minimum absolute atomic E-state index is 0.178. The molecule has 88 valence electrons. The van der Waals surface area contributed by atoms with E-state index in [1.807, 2.05) is 19.3 Å². The molecule has 16 heavy (non-hydrogen) atoms. The normalized spacial score (nSPS) is 20.1. The van der Waals surface area contributed by atoms with Gasteiger partial charge in [0.25, 0.3) is 0 Å². The second kappa shape index (κ2) is 5.12. The lowest BCUT2D eigenvalue weighted by molar-refractivity contribution is -0.119. The van der Waals surface area contributed by atoms with E-state index in [9.17, 15) is 4.79 Å². The van der Waals surface area contributed by atoms with Gasteiger partial charge < -0.3 is 15.2 Å². The fourth-order valence-corrected chi connectivity index (χ4v) is 1.95. The first kappa shape index (κ1) is 11.1. The number of carbonyl (C=O) groups excluding carboxylic acids is 1. The van der Waals surface area contributed by atoms with Crippen LogP contribution in [0.4, 0.5) is 0 Å². The van der Waals surface area contributed by atoms with Gasteiger partial charge in [-0.05, 0) is 13.3 Å². The van der Waals surface area contributed by atoms with Crippen LogP contribution in [-0.4, -0.2) is 34.6 Å². The minimum Gasteiger partial charge on any atom is -0.352 e. The number of hydrogen-bond acceptors (Lipinski definition) is 3. The SMILES string of the molecule is Cc1nccn1CCNCC1CCC(=O)N1. The number of carbonyl (C=O) groups is 1. The molecule has 1 aromatic rings. The van der Waals surface area contributed by atoms with Crippen molar-refractivity contribution in [1.82, 2.24) is 20.2 Å². The standard InChI is InChI=1S/C11H18N4O/c1-9-13-5-7-15(9)6-4-12-8-10-2-3-11(16)14-10/h5,7,10,12H,2-4,6,8H2,1H3,(H,14,16). The van der Waals surface area contributed by atoms with Crippen molar-refractivity contribution in [3.05, 3.63) is 18.2 Å². The maximum Gasteiger partial charge on any atom is 0.220 e. The molecule has 2 N–H and O–H groups in total. The van der Waals surface area contributed by atoms with Crippen molar-refractivity contribution in [2.75, 3.05) is 13.1 Å². The van der Waals surface area contributed by atoms with E-state index in [0.29, 0.717) is 12.5 Å². The summed E-state index contributed by atoms with van der Waals surface area (Å²) < 4.78 is 2.11. The lowest BCUT2D eigenvalue weighted by Gasteiger charge is -2.11. The Morgan fingerprint density at radius 2 is 2.56 bits per heavy atom. The maximum atomic E-state index is 11.0. The van der Waals surface area contributed by atoms with E-state index in [1.54, 1.807) is 0 Å². The Morgan fingerprint density at radius 3 is 3.19 bits per heavy atom. The van der Waals surface area contributed by atoms with Gasteiger partial charge in [0, 0.05) is 44.5 Å². The van der Waals surface area contributed by atoms with Crippen LogP contribution < -0.4 is 10.6 Å². The molecule has 1 saturated heterocycles. The number of hydrogen-bond donors (Lipinski definition) is 2. The summed E-state index contributed by atoms with van der Waals surface area (Å²) in [6.07, 6.45) is 5.42. The van der Waals surface area contributed by atoms with Crippen LogP contribution in [0.15, 0.2) is 12.4 Å². The fourth-order valence-electron chi connectivity index (χ4n) is 1.95. The molecule has 5 heteroatoms. The number of nitrogens with zero attached hydrogens (tertiary/aromatic N) is 2. The lowest BCUT2D eigenvalue weighted by Crippen LogP contribution is -2.36. The summed E-state index contributed by atoms with van der Waals surface area (Å²) in [6, 6.07) is 0.316. The zero-order valence-corrected chi connectivity index (χ0v) is 9.57. The zero-order valence-electron chi connectivity index (χ0n) is 9.57. The third kappa shape index (κ3) is 2.82. The van der Waals surface area contributed by atoms with Gasteiger partial charge in [-0.25, -0.2) is 4.98 Å².